The first-order chi connectivity index (χ1) is 9.63. The Kier molecular flexibility index (Phi) is 4.65. The number of benzene rings is 2. The Morgan fingerprint density at radius 1 is 1.25 bits per heavy atom. The van der Waals surface area contributed by atoms with E-state index in [1.54, 1.807) is 13.2 Å². The van der Waals surface area contributed by atoms with Crippen LogP contribution in [-0.4, -0.2) is 7.11 Å². The van der Waals surface area contributed by atoms with Crippen molar-refractivity contribution in [2.24, 2.45) is 0 Å². The molecule has 2 aromatic rings. The minimum Gasteiger partial charge on any atom is -0.496 e. The third-order valence-corrected chi connectivity index (χ3v) is 3.57. The molecule has 0 aliphatic rings. The zero-order valence-electron chi connectivity index (χ0n) is 11.4. The molecule has 0 aliphatic carbocycles. The largest absolute Gasteiger partial charge is 0.496 e. The summed E-state index contributed by atoms with van der Waals surface area (Å²) in [6, 6.07) is 13.7. The lowest BCUT2D eigenvalue weighted by molar-refractivity contribution is 0.410. The molecule has 0 aromatic heterocycles. The van der Waals surface area contributed by atoms with E-state index < -0.39 is 0 Å². The van der Waals surface area contributed by atoms with Gasteiger partial charge in [-0.05, 0) is 42.8 Å². The lowest BCUT2D eigenvalue weighted by Crippen LogP contribution is -2.03. The number of aryl methyl sites for hydroxylation is 1. The average Bonchev–Trinajstić information content (AvgIpc) is 2.47. The third-order valence-electron chi connectivity index (χ3n) is 3.08. The van der Waals surface area contributed by atoms with Crippen molar-refractivity contribution in [3.05, 3.63) is 57.6 Å². The minimum absolute atomic E-state index is 0.607. The average molecular weight is 331 g/mol. The van der Waals surface area contributed by atoms with E-state index in [0.717, 1.165) is 21.5 Å². The van der Waals surface area contributed by atoms with Gasteiger partial charge in [-0.3, -0.25) is 0 Å². The molecule has 0 fully saturated rings. The highest BCUT2D eigenvalue weighted by Crippen LogP contribution is 2.24. The molecule has 0 amide bonds. The number of nitrogens with one attached hydrogen (secondary N) is 1. The molecule has 102 valence electrons. The number of hydrogen-bond donors (Lipinski definition) is 1. The summed E-state index contributed by atoms with van der Waals surface area (Å²) >= 11 is 3.47. The number of ether oxygens (including phenoxy) is 1. The van der Waals surface area contributed by atoms with Crippen molar-refractivity contribution in [3.63, 3.8) is 0 Å². The first kappa shape index (κ1) is 14.4. The summed E-state index contributed by atoms with van der Waals surface area (Å²) in [4.78, 5) is 0. The van der Waals surface area contributed by atoms with Crippen LogP contribution in [-0.2, 0) is 6.54 Å². The van der Waals surface area contributed by atoms with E-state index in [1.807, 2.05) is 24.3 Å². The lowest BCUT2D eigenvalue weighted by atomic mass is 10.1. The van der Waals surface area contributed by atoms with Crippen LogP contribution in [0.1, 0.15) is 16.7 Å². The van der Waals surface area contributed by atoms with Gasteiger partial charge < -0.3 is 10.1 Å². The third kappa shape index (κ3) is 3.31. The molecule has 0 radical (unpaired) electrons. The summed E-state index contributed by atoms with van der Waals surface area (Å²) in [5, 5.41) is 12.4. The maximum atomic E-state index is 8.97. The van der Waals surface area contributed by atoms with Crippen LogP contribution in [0.15, 0.2) is 40.9 Å². The first-order valence-corrected chi connectivity index (χ1v) is 7.00. The van der Waals surface area contributed by atoms with Crippen molar-refractivity contribution in [2.45, 2.75) is 13.5 Å². The van der Waals surface area contributed by atoms with E-state index >= 15 is 0 Å². The number of rotatable bonds is 4. The normalized spacial score (nSPS) is 9.90. The van der Waals surface area contributed by atoms with E-state index in [1.165, 1.54) is 5.56 Å². The van der Waals surface area contributed by atoms with Crippen LogP contribution in [0.2, 0.25) is 0 Å². The number of methoxy groups -OCH3 is 1. The molecular formula is C16H15BrN2O. The van der Waals surface area contributed by atoms with Gasteiger partial charge in [0, 0.05) is 22.3 Å². The number of anilines is 1. The predicted molar refractivity (Wildman–Crippen MR) is 83.9 cm³/mol. The van der Waals surface area contributed by atoms with Crippen molar-refractivity contribution in [3.8, 4) is 11.8 Å². The Morgan fingerprint density at radius 3 is 2.75 bits per heavy atom. The zero-order chi connectivity index (χ0) is 14.5. The number of nitriles is 1. The van der Waals surface area contributed by atoms with Gasteiger partial charge >= 0.3 is 0 Å². The van der Waals surface area contributed by atoms with Crippen molar-refractivity contribution in [1.29, 1.82) is 5.26 Å². The van der Waals surface area contributed by atoms with Crippen LogP contribution in [0.3, 0.4) is 0 Å². The summed E-state index contributed by atoms with van der Waals surface area (Å²) in [6.45, 7) is 2.66. The van der Waals surface area contributed by atoms with Crippen LogP contribution in [0.5, 0.6) is 5.75 Å². The summed E-state index contributed by atoms with van der Waals surface area (Å²) in [7, 11) is 1.63. The quantitative estimate of drug-likeness (QED) is 0.911. The van der Waals surface area contributed by atoms with E-state index in [2.05, 4.69) is 40.3 Å². The highest BCUT2D eigenvalue weighted by atomic mass is 79.9. The molecule has 2 rings (SSSR count). The SMILES string of the molecule is COc1ccc(C#N)cc1CNc1cc(Br)ccc1C. The summed E-state index contributed by atoms with van der Waals surface area (Å²) < 4.78 is 6.36. The van der Waals surface area contributed by atoms with Crippen LogP contribution in [0, 0.1) is 18.3 Å². The van der Waals surface area contributed by atoms with Gasteiger partial charge in [0.1, 0.15) is 5.75 Å². The number of halogens is 1. The van der Waals surface area contributed by atoms with Gasteiger partial charge in [-0.25, -0.2) is 0 Å². The summed E-state index contributed by atoms with van der Waals surface area (Å²) in [5.74, 6) is 0.782. The second kappa shape index (κ2) is 6.44. The van der Waals surface area contributed by atoms with Gasteiger partial charge in [-0.1, -0.05) is 22.0 Å². The highest BCUT2D eigenvalue weighted by Gasteiger charge is 2.06. The molecule has 0 unspecified atom stereocenters. The topological polar surface area (TPSA) is 45.0 Å². The Labute approximate surface area is 127 Å². The lowest BCUT2D eigenvalue weighted by Gasteiger charge is -2.13. The van der Waals surface area contributed by atoms with E-state index in [4.69, 9.17) is 10.00 Å². The fourth-order valence-corrected chi connectivity index (χ4v) is 2.32. The van der Waals surface area contributed by atoms with Gasteiger partial charge in [0.25, 0.3) is 0 Å². The molecule has 0 heterocycles. The van der Waals surface area contributed by atoms with Gasteiger partial charge in [-0.15, -0.1) is 0 Å². The number of nitrogens with zero attached hydrogens (tertiary/aromatic N) is 1. The molecule has 0 saturated carbocycles. The van der Waals surface area contributed by atoms with Gasteiger partial charge in [0.05, 0.1) is 18.7 Å². The number of hydrogen-bond acceptors (Lipinski definition) is 3. The zero-order valence-corrected chi connectivity index (χ0v) is 13.0. The monoisotopic (exact) mass is 330 g/mol. The molecule has 3 nitrogen and oxygen atoms in total. The Morgan fingerprint density at radius 2 is 2.05 bits per heavy atom. The minimum atomic E-state index is 0.607. The van der Waals surface area contributed by atoms with Crippen LogP contribution >= 0.6 is 15.9 Å². The molecule has 0 bridgehead atoms. The van der Waals surface area contributed by atoms with Crippen LogP contribution < -0.4 is 10.1 Å². The smallest absolute Gasteiger partial charge is 0.123 e. The van der Waals surface area contributed by atoms with Crippen molar-refractivity contribution >= 4 is 21.6 Å². The Bertz CT molecular complexity index is 662. The van der Waals surface area contributed by atoms with Gasteiger partial charge in [-0.2, -0.15) is 5.26 Å². The Balaban J connectivity index is 2.22. The fraction of sp³-hybridized carbons (Fsp3) is 0.188. The maximum absolute atomic E-state index is 8.97. The van der Waals surface area contributed by atoms with Crippen LogP contribution in [0.4, 0.5) is 5.69 Å². The second-order valence-electron chi connectivity index (χ2n) is 4.45. The van der Waals surface area contributed by atoms with E-state index in [0.29, 0.717) is 12.1 Å². The van der Waals surface area contributed by atoms with E-state index in [9.17, 15) is 0 Å². The summed E-state index contributed by atoms with van der Waals surface area (Å²) in [5.41, 5.74) is 3.83. The molecule has 0 atom stereocenters. The van der Waals surface area contributed by atoms with Crippen molar-refractivity contribution < 1.29 is 4.74 Å². The highest BCUT2D eigenvalue weighted by molar-refractivity contribution is 9.10. The molecule has 1 N–H and O–H groups in total. The molecule has 0 spiro atoms. The molecule has 0 saturated heterocycles. The van der Waals surface area contributed by atoms with Crippen LogP contribution in [0.25, 0.3) is 0 Å². The predicted octanol–water partition coefficient (Wildman–Crippen LogP) is 4.25. The molecule has 4 heteroatoms. The van der Waals surface area contributed by atoms with Gasteiger partial charge in [0.2, 0.25) is 0 Å². The summed E-state index contributed by atoms with van der Waals surface area (Å²) in [6.07, 6.45) is 0. The van der Waals surface area contributed by atoms with Crippen molar-refractivity contribution in [2.75, 3.05) is 12.4 Å². The molecule has 20 heavy (non-hydrogen) atoms. The fourth-order valence-electron chi connectivity index (χ4n) is 1.96. The van der Waals surface area contributed by atoms with Gasteiger partial charge in [0.15, 0.2) is 0 Å². The van der Waals surface area contributed by atoms with Crippen molar-refractivity contribution in [1.82, 2.24) is 0 Å². The second-order valence-corrected chi connectivity index (χ2v) is 5.37. The standard InChI is InChI=1S/C16H15BrN2O/c1-11-3-5-14(17)8-15(11)19-10-13-7-12(9-18)4-6-16(13)20-2/h3-8,19H,10H2,1-2H3. The van der Waals surface area contributed by atoms with E-state index in [-0.39, 0.29) is 0 Å². The Hall–Kier alpha value is -1.99. The maximum Gasteiger partial charge on any atom is 0.123 e. The first-order valence-electron chi connectivity index (χ1n) is 6.21. The molecular weight excluding hydrogens is 316 g/mol. The molecule has 0 aliphatic heterocycles. The molecule has 2 aromatic carbocycles.